The van der Waals surface area contributed by atoms with Gasteiger partial charge in [-0.05, 0) is 11.1 Å². The number of thiazole rings is 1. The smallest absolute Gasteiger partial charge is 0.335 e. The maximum atomic E-state index is 11.0. The largest absolute Gasteiger partial charge is 0.479 e. The zero-order valence-corrected chi connectivity index (χ0v) is 10.4. The average Bonchev–Trinajstić information content (AvgIpc) is 2.84. The van der Waals surface area contributed by atoms with E-state index in [1.807, 2.05) is 0 Å². The maximum absolute atomic E-state index is 11.0. The molecule has 0 radical (unpaired) electrons. The molecule has 0 amide bonds. The number of aromatic nitrogens is 1. The van der Waals surface area contributed by atoms with Gasteiger partial charge in [0.2, 0.25) is 0 Å². The number of aliphatic hydroxyl groups is 2. The number of aromatic amines is 1. The van der Waals surface area contributed by atoms with Crippen molar-refractivity contribution in [1.29, 1.82) is 0 Å². The highest BCUT2D eigenvalue weighted by Crippen LogP contribution is 2.22. The Balaban J connectivity index is 2.23. The van der Waals surface area contributed by atoms with Gasteiger partial charge in [-0.25, -0.2) is 4.79 Å². The van der Waals surface area contributed by atoms with E-state index in [2.05, 4.69) is 4.98 Å². The number of hydrogen-bond donors (Lipinski definition) is 4. The molecule has 0 fully saturated rings. The van der Waals surface area contributed by atoms with E-state index in [0.29, 0.717) is 5.69 Å². The summed E-state index contributed by atoms with van der Waals surface area (Å²) in [6.07, 6.45) is -3.36. The number of aliphatic hydroxyl groups excluding tert-OH is 2. The van der Waals surface area contributed by atoms with Gasteiger partial charge in [0.05, 0.1) is 5.69 Å². The van der Waals surface area contributed by atoms with Crippen LogP contribution in [-0.2, 0) is 4.79 Å². The number of carboxylic acid groups (broad SMARTS) is 1. The minimum atomic E-state index is -1.87. The minimum absolute atomic E-state index is 0.166. The number of aliphatic carboxylic acids is 1. The predicted molar refractivity (Wildman–Crippen MR) is 69.0 cm³/mol. The lowest BCUT2D eigenvalue weighted by molar-refractivity contribution is -0.153. The van der Waals surface area contributed by atoms with Gasteiger partial charge >= 0.3 is 10.8 Å². The summed E-state index contributed by atoms with van der Waals surface area (Å²) >= 11 is 1.04. The number of nitrogens with one attached hydrogen (secondary N) is 1. The lowest BCUT2D eigenvalue weighted by Crippen LogP contribution is -2.27. The molecular formula is C12H11NO5S. The summed E-state index contributed by atoms with van der Waals surface area (Å²) in [5.74, 6) is -1.49. The van der Waals surface area contributed by atoms with Gasteiger partial charge in [-0.15, -0.1) is 0 Å². The molecule has 2 aromatic rings. The van der Waals surface area contributed by atoms with Gasteiger partial charge in [-0.2, -0.15) is 0 Å². The number of rotatable bonds is 4. The molecule has 1 aromatic carbocycles. The van der Waals surface area contributed by atoms with Crippen molar-refractivity contribution in [2.24, 2.45) is 0 Å². The number of H-pyrrole nitrogens is 1. The van der Waals surface area contributed by atoms with Crippen LogP contribution < -0.4 is 4.87 Å². The van der Waals surface area contributed by atoms with Crippen LogP contribution in [0, 0.1) is 0 Å². The fourth-order valence-corrected chi connectivity index (χ4v) is 2.19. The Hall–Kier alpha value is -1.96. The molecule has 0 spiro atoms. The molecule has 2 atom stereocenters. The number of hydrogen-bond acceptors (Lipinski definition) is 5. The minimum Gasteiger partial charge on any atom is -0.479 e. The predicted octanol–water partition coefficient (Wildman–Crippen LogP) is 0.582. The molecule has 4 N–H and O–H groups in total. The molecule has 0 bridgehead atoms. The Morgan fingerprint density at radius 3 is 2.32 bits per heavy atom. The van der Waals surface area contributed by atoms with Crippen LogP contribution in [0.3, 0.4) is 0 Å². The molecule has 1 aromatic heterocycles. The van der Waals surface area contributed by atoms with Crippen LogP contribution in [0.25, 0.3) is 11.3 Å². The van der Waals surface area contributed by atoms with Gasteiger partial charge in [-0.3, -0.25) is 4.79 Å². The molecule has 0 saturated heterocycles. The molecule has 2 rings (SSSR count). The molecule has 6 nitrogen and oxygen atoms in total. The molecule has 7 heteroatoms. The molecule has 100 valence electrons. The van der Waals surface area contributed by atoms with E-state index in [-0.39, 0.29) is 10.4 Å². The third-order valence-corrected chi connectivity index (χ3v) is 3.31. The molecule has 1 heterocycles. The van der Waals surface area contributed by atoms with Crippen LogP contribution in [0.15, 0.2) is 34.4 Å². The summed E-state index contributed by atoms with van der Waals surface area (Å²) < 4.78 is 0. The maximum Gasteiger partial charge on any atom is 0.335 e. The van der Waals surface area contributed by atoms with E-state index in [4.69, 9.17) is 5.11 Å². The van der Waals surface area contributed by atoms with E-state index in [0.717, 1.165) is 16.9 Å². The molecule has 0 saturated carbocycles. The SMILES string of the molecule is O=C(O)C(O)C(O)c1ccc(-c2csc(=O)[nH]2)cc1. The highest BCUT2D eigenvalue weighted by atomic mass is 32.1. The van der Waals surface area contributed by atoms with Crippen molar-refractivity contribution in [2.45, 2.75) is 12.2 Å². The second-order valence-corrected chi connectivity index (χ2v) is 4.75. The van der Waals surface area contributed by atoms with Crippen LogP contribution in [0.2, 0.25) is 0 Å². The molecular weight excluding hydrogens is 270 g/mol. The van der Waals surface area contributed by atoms with Gasteiger partial charge in [0.1, 0.15) is 6.10 Å². The number of benzene rings is 1. The van der Waals surface area contributed by atoms with Crippen LogP contribution >= 0.6 is 11.3 Å². The third kappa shape index (κ3) is 2.90. The van der Waals surface area contributed by atoms with E-state index in [9.17, 15) is 19.8 Å². The first-order valence-corrected chi connectivity index (χ1v) is 6.24. The Kier molecular flexibility index (Phi) is 3.79. The van der Waals surface area contributed by atoms with Crippen molar-refractivity contribution in [3.63, 3.8) is 0 Å². The van der Waals surface area contributed by atoms with Gasteiger partial charge < -0.3 is 20.3 Å². The van der Waals surface area contributed by atoms with Crippen LogP contribution in [0.4, 0.5) is 0 Å². The summed E-state index contributed by atoms with van der Waals surface area (Å²) in [6, 6.07) is 6.26. The zero-order valence-electron chi connectivity index (χ0n) is 9.61. The monoisotopic (exact) mass is 281 g/mol. The fraction of sp³-hybridized carbons (Fsp3) is 0.167. The molecule has 0 aliphatic rings. The normalized spacial score (nSPS) is 14.0. The topological polar surface area (TPSA) is 111 Å². The van der Waals surface area contributed by atoms with E-state index in [1.165, 1.54) is 12.1 Å². The molecule has 19 heavy (non-hydrogen) atoms. The summed E-state index contributed by atoms with van der Waals surface area (Å²) in [5.41, 5.74) is 1.67. The Morgan fingerprint density at radius 1 is 1.21 bits per heavy atom. The first-order chi connectivity index (χ1) is 8.99. The van der Waals surface area contributed by atoms with Crippen molar-refractivity contribution in [1.82, 2.24) is 4.98 Å². The summed E-state index contributed by atoms with van der Waals surface area (Å²) in [4.78, 5) is 24.1. The Labute approximate surface area is 111 Å². The van der Waals surface area contributed by atoms with Crippen molar-refractivity contribution in [3.05, 3.63) is 44.9 Å². The van der Waals surface area contributed by atoms with E-state index in [1.54, 1.807) is 17.5 Å². The number of carboxylic acids is 1. The highest BCUT2D eigenvalue weighted by molar-refractivity contribution is 7.07. The summed E-state index contributed by atoms with van der Waals surface area (Å²) in [7, 11) is 0. The second kappa shape index (κ2) is 5.35. The van der Waals surface area contributed by atoms with Gasteiger partial charge in [0.15, 0.2) is 6.10 Å². The zero-order chi connectivity index (χ0) is 14.0. The first-order valence-electron chi connectivity index (χ1n) is 5.36. The van der Waals surface area contributed by atoms with Crippen molar-refractivity contribution >= 4 is 17.3 Å². The van der Waals surface area contributed by atoms with Gasteiger partial charge in [0, 0.05) is 5.38 Å². The lowest BCUT2D eigenvalue weighted by atomic mass is 10.0. The summed E-state index contributed by atoms with van der Waals surface area (Å²) in [6.45, 7) is 0. The van der Waals surface area contributed by atoms with E-state index < -0.39 is 18.2 Å². The van der Waals surface area contributed by atoms with E-state index >= 15 is 0 Å². The summed E-state index contributed by atoms with van der Waals surface area (Å²) in [5, 5.41) is 29.1. The van der Waals surface area contributed by atoms with Crippen molar-refractivity contribution in [2.75, 3.05) is 0 Å². The van der Waals surface area contributed by atoms with Gasteiger partial charge in [0.25, 0.3) is 0 Å². The molecule has 2 unspecified atom stereocenters. The molecule has 0 aliphatic carbocycles. The lowest BCUT2D eigenvalue weighted by Gasteiger charge is -2.14. The Bertz CT molecular complexity index is 630. The molecule has 0 aliphatic heterocycles. The Morgan fingerprint density at radius 2 is 1.84 bits per heavy atom. The van der Waals surface area contributed by atoms with Crippen molar-refractivity contribution in [3.8, 4) is 11.3 Å². The third-order valence-electron chi connectivity index (χ3n) is 2.64. The number of carbonyl (C=O) groups is 1. The standard InChI is InChI=1S/C12H11NO5S/c14-9(10(15)11(16)17)7-3-1-6(2-4-7)8-5-19-12(18)13-8/h1-5,9-10,14-15H,(H,13,18)(H,16,17). The van der Waals surface area contributed by atoms with Crippen LogP contribution in [0.1, 0.15) is 11.7 Å². The first kappa shape index (κ1) is 13.5. The average molecular weight is 281 g/mol. The van der Waals surface area contributed by atoms with Crippen LogP contribution in [0.5, 0.6) is 0 Å². The second-order valence-electron chi connectivity index (χ2n) is 3.91. The highest BCUT2D eigenvalue weighted by Gasteiger charge is 2.24. The van der Waals surface area contributed by atoms with Crippen molar-refractivity contribution < 1.29 is 20.1 Å². The van der Waals surface area contributed by atoms with Gasteiger partial charge in [-0.1, -0.05) is 35.6 Å². The quantitative estimate of drug-likeness (QED) is 0.655. The fourth-order valence-electron chi connectivity index (χ4n) is 1.60. The van der Waals surface area contributed by atoms with Crippen LogP contribution in [-0.4, -0.2) is 32.4 Å².